The monoisotopic (exact) mass is 296 g/mol. The lowest BCUT2D eigenvalue weighted by Crippen LogP contribution is -2.46. The molecule has 0 bridgehead atoms. The average Bonchev–Trinajstić information content (AvgIpc) is 2.57. The van der Waals surface area contributed by atoms with Gasteiger partial charge in [-0.1, -0.05) is 36.8 Å². The molecule has 5 nitrogen and oxygen atoms in total. The smallest absolute Gasteiger partial charge is 0.306 e. The molecule has 1 aliphatic rings. The van der Waals surface area contributed by atoms with Gasteiger partial charge in [-0.3, -0.25) is 10.4 Å². The van der Waals surface area contributed by atoms with Crippen molar-refractivity contribution in [2.75, 3.05) is 18.4 Å². The predicted octanol–water partition coefficient (Wildman–Crippen LogP) is 3.27. The molecule has 22 heavy (non-hydrogen) atoms. The SMILES string of the molecule is O=C(Nc1ccncc1-c1ccccc1)NN1CCCCC1. The Labute approximate surface area is 130 Å². The number of aromatic nitrogens is 1. The number of piperidine rings is 1. The second-order valence-electron chi connectivity index (χ2n) is 5.40. The van der Waals surface area contributed by atoms with Gasteiger partial charge >= 0.3 is 6.03 Å². The summed E-state index contributed by atoms with van der Waals surface area (Å²) >= 11 is 0. The summed E-state index contributed by atoms with van der Waals surface area (Å²) in [4.78, 5) is 16.3. The molecule has 1 fully saturated rings. The summed E-state index contributed by atoms with van der Waals surface area (Å²) < 4.78 is 0. The maximum absolute atomic E-state index is 12.2. The summed E-state index contributed by atoms with van der Waals surface area (Å²) in [5.41, 5.74) is 5.61. The third kappa shape index (κ3) is 3.62. The number of amides is 2. The van der Waals surface area contributed by atoms with Crippen LogP contribution in [-0.4, -0.2) is 29.1 Å². The molecule has 2 N–H and O–H groups in total. The van der Waals surface area contributed by atoms with Crippen LogP contribution in [0, 0.1) is 0 Å². The largest absolute Gasteiger partial charge is 0.333 e. The fourth-order valence-corrected chi connectivity index (χ4v) is 2.65. The van der Waals surface area contributed by atoms with E-state index in [1.54, 1.807) is 12.4 Å². The molecule has 5 heteroatoms. The van der Waals surface area contributed by atoms with Crippen LogP contribution in [0.2, 0.25) is 0 Å². The molecule has 0 spiro atoms. The highest BCUT2D eigenvalue weighted by Crippen LogP contribution is 2.26. The zero-order valence-corrected chi connectivity index (χ0v) is 12.5. The molecule has 0 atom stereocenters. The van der Waals surface area contributed by atoms with Crippen molar-refractivity contribution in [1.82, 2.24) is 15.4 Å². The van der Waals surface area contributed by atoms with Crippen LogP contribution in [-0.2, 0) is 0 Å². The van der Waals surface area contributed by atoms with Gasteiger partial charge in [-0.15, -0.1) is 0 Å². The zero-order chi connectivity index (χ0) is 15.2. The number of pyridine rings is 1. The molecule has 0 radical (unpaired) electrons. The number of carbonyl (C=O) groups is 1. The number of benzene rings is 1. The van der Waals surface area contributed by atoms with Crippen molar-refractivity contribution in [2.24, 2.45) is 0 Å². The number of carbonyl (C=O) groups excluding carboxylic acids is 1. The van der Waals surface area contributed by atoms with Crippen molar-refractivity contribution in [3.05, 3.63) is 48.8 Å². The molecule has 2 aromatic rings. The standard InChI is InChI=1S/C17H20N4O/c22-17(20-21-11-5-2-6-12-21)19-16-9-10-18-13-15(16)14-7-3-1-4-8-14/h1,3-4,7-10,13H,2,5-6,11-12H2,(H2,18,19,20,22). The van der Waals surface area contributed by atoms with E-state index in [1.165, 1.54) is 6.42 Å². The number of nitrogens with zero attached hydrogens (tertiary/aromatic N) is 2. The number of hydrazine groups is 1. The maximum atomic E-state index is 12.2. The minimum absolute atomic E-state index is 0.203. The number of hydrogen-bond donors (Lipinski definition) is 2. The molecule has 1 aromatic carbocycles. The van der Waals surface area contributed by atoms with Crippen LogP contribution in [0.15, 0.2) is 48.8 Å². The van der Waals surface area contributed by atoms with Gasteiger partial charge in [-0.25, -0.2) is 9.80 Å². The number of rotatable bonds is 3. The van der Waals surface area contributed by atoms with Gasteiger partial charge in [0.1, 0.15) is 0 Å². The Kier molecular flexibility index (Phi) is 4.65. The summed E-state index contributed by atoms with van der Waals surface area (Å²) in [5, 5.41) is 4.90. The Balaban J connectivity index is 1.71. The third-order valence-corrected chi connectivity index (χ3v) is 3.77. The summed E-state index contributed by atoms with van der Waals surface area (Å²) in [5.74, 6) is 0. The molecule has 114 valence electrons. The lowest BCUT2D eigenvalue weighted by atomic mass is 10.1. The van der Waals surface area contributed by atoms with Crippen molar-refractivity contribution in [3.63, 3.8) is 0 Å². The van der Waals surface area contributed by atoms with E-state index in [9.17, 15) is 4.79 Å². The van der Waals surface area contributed by atoms with Crippen LogP contribution < -0.4 is 10.7 Å². The number of hydrogen-bond acceptors (Lipinski definition) is 3. The van der Waals surface area contributed by atoms with E-state index in [-0.39, 0.29) is 6.03 Å². The van der Waals surface area contributed by atoms with E-state index in [1.807, 2.05) is 41.4 Å². The van der Waals surface area contributed by atoms with E-state index in [4.69, 9.17) is 0 Å². The van der Waals surface area contributed by atoms with E-state index < -0.39 is 0 Å². The molecule has 0 unspecified atom stereocenters. The van der Waals surface area contributed by atoms with Crippen molar-refractivity contribution in [1.29, 1.82) is 0 Å². The molecule has 1 aromatic heterocycles. The number of urea groups is 1. The normalized spacial score (nSPS) is 15.3. The minimum Gasteiger partial charge on any atom is -0.306 e. The van der Waals surface area contributed by atoms with Gasteiger partial charge in [-0.2, -0.15) is 0 Å². The van der Waals surface area contributed by atoms with Crippen LogP contribution in [0.3, 0.4) is 0 Å². The maximum Gasteiger partial charge on any atom is 0.333 e. The van der Waals surface area contributed by atoms with Gasteiger partial charge in [0.2, 0.25) is 0 Å². The first-order chi connectivity index (χ1) is 10.8. The number of nitrogens with one attached hydrogen (secondary N) is 2. The van der Waals surface area contributed by atoms with E-state index >= 15 is 0 Å². The third-order valence-electron chi connectivity index (χ3n) is 3.77. The van der Waals surface area contributed by atoms with Gasteiger partial charge in [0, 0.05) is 31.0 Å². The lowest BCUT2D eigenvalue weighted by molar-refractivity contribution is 0.162. The van der Waals surface area contributed by atoms with Crippen molar-refractivity contribution in [2.45, 2.75) is 19.3 Å². The highest BCUT2D eigenvalue weighted by atomic mass is 16.2. The summed E-state index contributed by atoms with van der Waals surface area (Å²) in [6.07, 6.45) is 6.95. The molecule has 3 rings (SSSR count). The molecule has 0 aliphatic carbocycles. The molecule has 2 amide bonds. The highest BCUT2D eigenvalue weighted by molar-refractivity contribution is 5.93. The lowest BCUT2D eigenvalue weighted by Gasteiger charge is -2.27. The van der Waals surface area contributed by atoms with Crippen LogP contribution in [0.1, 0.15) is 19.3 Å². The Bertz CT molecular complexity index is 624. The first kappa shape index (κ1) is 14.5. The van der Waals surface area contributed by atoms with Gasteiger partial charge < -0.3 is 5.32 Å². The second kappa shape index (κ2) is 7.04. The quantitative estimate of drug-likeness (QED) is 0.914. The van der Waals surface area contributed by atoms with Crippen molar-refractivity contribution in [3.8, 4) is 11.1 Å². The molecular weight excluding hydrogens is 276 g/mol. The van der Waals surface area contributed by atoms with Crippen LogP contribution in [0.4, 0.5) is 10.5 Å². The Morgan fingerprint density at radius 3 is 2.59 bits per heavy atom. The summed E-state index contributed by atoms with van der Waals surface area (Å²) in [6.45, 7) is 1.82. The molecule has 1 saturated heterocycles. The molecule has 0 saturated carbocycles. The Morgan fingerprint density at radius 2 is 1.82 bits per heavy atom. The topological polar surface area (TPSA) is 57.3 Å². The fraction of sp³-hybridized carbons (Fsp3) is 0.294. The highest BCUT2D eigenvalue weighted by Gasteiger charge is 2.14. The summed E-state index contributed by atoms with van der Waals surface area (Å²) in [6, 6.07) is 11.5. The average molecular weight is 296 g/mol. The second-order valence-corrected chi connectivity index (χ2v) is 5.40. The fourth-order valence-electron chi connectivity index (χ4n) is 2.65. The summed E-state index contributed by atoms with van der Waals surface area (Å²) in [7, 11) is 0. The van der Waals surface area contributed by atoms with Gasteiger partial charge in [0.05, 0.1) is 5.69 Å². The predicted molar refractivity (Wildman–Crippen MR) is 87.3 cm³/mol. The molecule has 1 aliphatic heterocycles. The van der Waals surface area contributed by atoms with Crippen molar-refractivity contribution < 1.29 is 4.79 Å². The van der Waals surface area contributed by atoms with E-state index in [0.29, 0.717) is 0 Å². The van der Waals surface area contributed by atoms with Gasteiger partial charge in [-0.05, 0) is 24.5 Å². The first-order valence-electron chi connectivity index (χ1n) is 7.65. The minimum atomic E-state index is -0.203. The Hall–Kier alpha value is -2.40. The van der Waals surface area contributed by atoms with Gasteiger partial charge in [0.25, 0.3) is 0 Å². The van der Waals surface area contributed by atoms with Gasteiger partial charge in [0.15, 0.2) is 0 Å². The zero-order valence-electron chi connectivity index (χ0n) is 12.5. The Morgan fingerprint density at radius 1 is 1.05 bits per heavy atom. The van der Waals surface area contributed by atoms with E-state index in [2.05, 4.69) is 15.7 Å². The van der Waals surface area contributed by atoms with Crippen molar-refractivity contribution >= 4 is 11.7 Å². The molecular formula is C17H20N4O. The number of anilines is 1. The van der Waals surface area contributed by atoms with Crippen LogP contribution >= 0.6 is 0 Å². The first-order valence-corrected chi connectivity index (χ1v) is 7.65. The van der Waals surface area contributed by atoms with E-state index in [0.717, 1.165) is 42.7 Å². The van der Waals surface area contributed by atoms with Crippen LogP contribution in [0.25, 0.3) is 11.1 Å². The molecule has 2 heterocycles. The van der Waals surface area contributed by atoms with Crippen LogP contribution in [0.5, 0.6) is 0 Å².